The Morgan fingerprint density at radius 2 is 0.711 bits per heavy atom. The molecule has 4 heterocycles. The second kappa shape index (κ2) is 19.5. The highest BCUT2D eigenvalue weighted by atomic mass is 16.3. The zero-order valence-electron chi connectivity index (χ0n) is 44.8. The Morgan fingerprint density at radius 3 is 1.14 bits per heavy atom. The molecule has 0 fully saturated rings. The fourth-order valence-corrected chi connectivity index (χ4v) is 12.5. The number of para-hydroxylation sites is 1. The number of hydrogen-bond acceptors (Lipinski definition) is 3. The highest BCUT2D eigenvalue weighted by Crippen LogP contribution is 2.50. The molecule has 0 unspecified atom stereocenters. The van der Waals surface area contributed by atoms with Crippen molar-refractivity contribution in [2.45, 2.75) is 0 Å². The SMILES string of the molecule is [C-]#[N+]c1cc(-n2c3ccc(-c4ccccc4)cc3c3cc(-c4ccccc4)ccc32)c(-n2c3ccc(-c4ccccc4)cc3c3cc(-c4ccccc4)ccc32)c2c1oc1c(-c3cc(-c4ccccc4)nc(-c4ccccc4)n3)cccc12. The van der Waals surface area contributed by atoms with Crippen molar-refractivity contribution >= 4 is 71.2 Å². The summed E-state index contributed by atoms with van der Waals surface area (Å²) in [6.45, 7) is 9.10. The fourth-order valence-electron chi connectivity index (χ4n) is 12.5. The summed E-state index contributed by atoms with van der Waals surface area (Å²) in [6, 6.07) is 101. The maximum atomic E-state index is 9.10. The van der Waals surface area contributed by atoms with Gasteiger partial charge in [-0.05, 0) is 111 Å². The molecule has 0 atom stereocenters. The number of furan rings is 1. The first-order valence-corrected chi connectivity index (χ1v) is 27.9. The summed E-state index contributed by atoms with van der Waals surface area (Å²) in [4.78, 5) is 14.9. The van der Waals surface area contributed by atoms with E-state index in [1.807, 2.05) is 48.5 Å². The lowest BCUT2D eigenvalue weighted by Gasteiger charge is -2.19. The minimum atomic E-state index is 0.397. The van der Waals surface area contributed by atoms with Crippen LogP contribution >= 0.6 is 0 Å². The molecule has 83 heavy (non-hydrogen) atoms. The first-order valence-electron chi connectivity index (χ1n) is 27.9. The topological polar surface area (TPSA) is 53.1 Å². The van der Waals surface area contributed by atoms with Crippen LogP contribution < -0.4 is 0 Å². The lowest BCUT2D eigenvalue weighted by Crippen LogP contribution is -2.04. The molecule has 0 aliphatic carbocycles. The van der Waals surface area contributed by atoms with E-state index >= 15 is 0 Å². The Balaban J connectivity index is 1.06. The van der Waals surface area contributed by atoms with Gasteiger partial charge in [0.05, 0.1) is 51.4 Å². The van der Waals surface area contributed by atoms with Crippen LogP contribution in [-0.2, 0) is 0 Å². The molecule has 4 aromatic heterocycles. The molecular weight excluding hydrogens is 1010 g/mol. The Labute approximate surface area is 478 Å². The van der Waals surface area contributed by atoms with Gasteiger partial charge in [-0.2, -0.15) is 0 Å². The summed E-state index contributed by atoms with van der Waals surface area (Å²) in [5.74, 6) is 0.604. The fraction of sp³-hybridized carbons (Fsp3) is 0. The van der Waals surface area contributed by atoms with Gasteiger partial charge in [0.15, 0.2) is 5.82 Å². The van der Waals surface area contributed by atoms with Gasteiger partial charge in [0.1, 0.15) is 11.2 Å². The molecule has 0 radical (unpaired) electrons. The molecule has 0 amide bonds. The van der Waals surface area contributed by atoms with Gasteiger partial charge >= 0.3 is 0 Å². The number of benzene rings is 12. The Hall–Kier alpha value is -11.4. The Morgan fingerprint density at radius 1 is 0.313 bits per heavy atom. The van der Waals surface area contributed by atoms with E-state index in [-0.39, 0.29) is 0 Å². The van der Waals surface area contributed by atoms with Gasteiger partial charge < -0.3 is 13.6 Å². The molecular formula is C77H47N5O. The van der Waals surface area contributed by atoms with Crippen molar-refractivity contribution in [1.29, 1.82) is 0 Å². The van der Waals surface area contributed by atoms with E-state index in [0.29, 0.717) is 28.4 Å². The van der Waals surface area contributed by atoms with Crippen LogP contribution in [0.4, 0.5) is 5.69 Å². The lowest BCUT2D eigenvalue weighted by molar-refractivity contribution is 0.671. The van der Waals surface area contributed by atoms with E-state index in [9.17, 15) is 0 Å². The second-order valence-electron chi connectivity index (χ2n) is 21.1. The standard InChI is InChI=1S/C77H47N5O/c1-78-67-48-72(81-68-39-35-55(49-21-8-2-9-22-49)43-61(68)62-44-56(36-40-69(62)81)50-23-10-3-11-24-50)74(82-70-41-37-57(51-25-12-4-13-26-51)45-63(70)64-46-58(38-42-71(64)82)52-27-14-5-15-28-52)73-60-34-20-33-59(75(60)83-76(67)73)66-47-65(53-29-16-6-17-30-53)79-77(80-66)54-31-18-7-19-32-54/h2-48H. The summed E-state index contributed by atoms with van der Waals surface area (Å²) in [5, 5.41) is 6.08. The monoisotopic (exact) mass is 1060 g/mol. The maximum absolute atomic E-state index is 9.10. The third-order valence-corrected chi connectivity index (χ3v) is 16.3. The van der Waals surface area contributed by atoms with Gasteiger partial charge in [-0.1, -0.05) is 218 Å². The molecule has 0 bridgehead atoms. The average molecular weight is 1060 g/mol. The van der Waals surface area contributed by atoms with Crippen molar-refractivity contribution in [3.05, 3.63) is 297 Å². The molecule has 0 saturated heterocycles. The number of fused-ring (bicyclic) bond motifs is 9. The van der Waals surface area contributed by atoms with E-state index in [0.717, 1.165) is 133 Å². The van der Waals surface area contributed by atoms with Crippen LogP contribution in [0.25, 0.3) is 160 Å². The van der Waals surface area contributed by atoms with Crippen molar-refractivity contribution in [3.8, 4) is 89.8 Å². The zero-order chi connectivity index (χ0) is 55.0. The number of hydrogen-bond donors (Lipinski definition) is 0. The van der Waals surface area contributed by atoms with Crippen molar-refractivity contribution in [2.24, 2.45) is 0 Å². The predicted molar refractivity (Wildman–Crippen MR) is 342 cm³/mol. The normalized spacial score (nSPS) is 11.6. The number of rotatable bonds is 9. The van der Waals surface area contributed by atoms with Crippen LogP contribution in [0.1, 0.15) is 0 Å². The van der Waals surface area contributed by atoms with Crippen molar-refractivity contribution < 1.29 is 4.42 Å². The van der Waals surface area contributed by atoms with Crippen LogP contribution in [0.5, 0.6) is 0 Å². The molecule has 0 aliphatic heterocycles. The van der Waals surface area contributed by atoms with Gasteiger partial charge in [0.2, 0.25) is 5.69 Å². The quantitative estimate of drug-likeness (QED) is 0.135. The lowest BCUT2D eigenvalue weighted by atomic mass is 10.0. The molecule has 16 aromatic rings. The van der Waals surface area contributed by atoms with Crippen LogP contribution in [0.2, 0.25) is 0 Å². The van der Waals surface area contributed by atoms with E-state index in [1.54, 1.807) is 0 Å². The van der Waals surface area contributed by atoms with E-state index in [4.69, 9.17) is 21.0 Å². The predicted octanol–water partition coefficient (Wildman–Crippen LogP) is 20.8. The maximum Gasteiger partial charge on any atom is 0.231 e. The third kappa shape index (κ3) is 7.94. The van der Waals surface area contributed by atoms with Crippen LogP contribution in [0.3, 0.4) is 0 Å². The summed E-state index contributed by atoms with van der Waals surface area (Å²) in [6.07, 6.45) is 0. The van der Waals surface area contributed by atoms with E-state index in [2.05, 4.69) is 251 Å². The first-order chi connectivity index (χ1) is 41.1. The third-order valence-electron chi connectivity index (χ3n) is 16.3. The molecule has 0 saturated carbocycles. The molecule has 0 N–H and O–H groups in total. The van der Waals surface area contributed by atoms with Gasteiger partial charge in [0.25, 0.3) is 0 Å². The molecule has 0 spiro atoms. The molecule has 6 nitrogen and oxygen atoms in total. The average Bonchev–Trinajstić information content (AvgIpc) is 2.06. The number of nitrogens with zero attached hydrogens (tertiary/aromatic N) is 5. The summed E-state index contributed by atoms with van der Waals surface area (Å²) >= 11 is 0. The molecule has 12 aromatic carbocycles. The van der Waals surface area contributed by atoms with Crippen molar-refractivity contribution in [3.63, 3.8) is 0 Å². The summed E-state index contributed by atoms with van der Waals surface area (Å²) in [5.41, 5.74) is 20.5. The van der Waals surface area contributed by atoms with Crippen LogP contribution in [0, 0.1) is 6.57 Å². The highest BCUT2D eigenvalue weighted by Gasteiger charge is 2.29. The minimum absolute atomic E-state index is 0.397. The highest BCUT2D eigenvalue weighted by molar-refractivity contribution is 6.22. The zero-order valence-corrected chi connectivity index (χ0v) is 44.8. The van der Waals surface area contributed by atoms with Crippen LogP contribution in [-0.4, -0.2) is 19.1 Å². The van der Waals surface area contributed by atoms with E-state index < -0.39 is 0 Å². The van der Waals surface area contributed by atoms with Gasteiger partial charge in [0, 0.05) is 49.0 Å². The van der Waals surface area contributed by atoms with Gasteiger partial charge in [-0.15, -0.1) is 0 Å². The summed E-state index contributed by atoms with van der Waals surface area (Å²) < 4.78 is 12.2. The smallest absolute Gasteiger partial charge is 0.231 e. The largest absolute Gasteiger partial charge is 0.466 e. The second-order valence-corrected chi connectivity index (χ2v) is 21.1. The minimum Gasteiger partial charge on any atom is -0.466 e. The van der Waals surface area contributed by atoms with Gasteiger partial charge in [-0.25, -0.2) is 14.8 Å². The van der Waals surface area contributed by atoms with Crippen LogP contribution in [0.15, 0.2) is 290 Å². The Kier molecular flexibility index (Phi) is 11.2. The molecule has 386 valence electrons. The first kappa shape index (κ1) is 47.6. The number of aromatic nitrogens is 4. The molecule has 0 aliphatic rings. The van der Waals surface area contributed by atoms with Crippen molar-refractivity contribution in [2.75, 3.05) is 0 Å². The molecule has 6 heteroatoms. The van der Waals surface area contributed by atoms with Crippen molar-refractivity contribution in [1.82, 2.24) is 19.1 Å². The molecule has 16 rings (SSSR count). The van der Waals surface area contributed by atoms with Gasteiger partial charge in [-0.3, -0.25) is 0 Å². The van der Waals surface area contributed by atoms with E-state index in [1.165, 1.54) is 0 Å². The summed E-state index contributed by atoms with van der Waals surface area (Å²) in [7, 11) is 0. The Bertz CT molecular complexity index is 4980.